The monoisotopic (exact) mass is 308 g/mol. The molecular formula is C16H24N2O4. The van der Waals surface area contributed by atoms with Crippen molar-refractivity contribution in [2.24, 2.45) is 0 Å². The summed E-state index contributed by atoms with van der Waals surface area (Å²) in [5.41, 5.74) is 0.648. The Morgan fingerprint density at radius 2 is 2.00 bits per heavy atom. The van der Waals surface area contributed by atoms with Gasteiger partial charge in [0.2, 0.25) is 5.91 Å². The summed E-state index contributed by atoms with van der Waals surface area (Å²) >= 11 is 0. The Morgan fingerprint density at radius 3 is 2.64 bits per heavy atom. The van der Waals surface area contributed by atoms with Gasteiger partial charge in [-0.1, -0.05) is 19.9 Å². The van der Waals surface area contributed by atoms with E-state index in [4.69, 9.17) is 9.47 Å². The number of carbonyl (C=O) groups is 2. The van der Waals surface area contributed by atoms with Crippen LogP contribution >= 0.6 is 0 Å². The number of ether oxygens (including phenoxy) is 2. The third-order valence-corrected chi connectivity index (χ3v) is 3.12. The minimum Gasteiger partial charge on any atom is -0.484 e. The lowest BCUT2D eigenvalue weighted by Gasteiger charge is -2.14. The predicted molar refractivity (Wildman–Crippen MR) is 85.0 cm³/mol. The van der Waals surface area contributed by atoms with Crippen LogP contribution in [-0.2, 0) is 14.3 Å². The first-order chi connectivity index (χ1) is 10.6. The molecule has 6 heteroatoms. The third-order valence-electron chi connectivity index (χ3n) is 3.12. The fraction of sp³-hybridized carbons (Fsp3) is 0.500. The van der Waals surface area contributed by atoms with Crippen molar-refractivity contribution >= 4 is 17.5 Å². The first-order valence-electron chi connectivity index (χ1n) is 7.41. The molecule has 0 radical (unpaired) electrons. The van der Waals surface area contributed by atoms with E-state index in [-0.39, 0.29) is 24.5 Å². The van der Waals surface area contributed by atoms with Gasteiger partial charge in [-0.2, -0.15) is 0 Å². The van der Waals surface area contributed by atoms with Crippen LogP contribution in [-0.4, -0.2) is 38.2 Å². The zero-order valence-electron chi connectivity index (χ0n) is 13.3. The molecule has 6 nitrogen and oxygen atoms in total. The molecule has 0 saturated heterocycles. The molecule has 0 fully saturated rings. The van der Waals surface area contributed by atoms with Gasteiger partial charge in [-0.15, -0.1) is 0 Å². The van der Waals surface area contributed by atoms with Crippen LogP contribution in [0.25, 0.3) is 0 Å². The Morgan fingerprint density at radius 1 is 1.23 bits per heavy atom. The van der Waals surface area contributed by atoms with Crippen LogP contribution in [0.15, 0.2) is 24.3 Å². The number of rotatable bonds is 9. The lowest BCUT2D eigenvalue weighted by Crippen LogP contribution is -2.35. The highest BCUT2D eigenvalue weighted by Gasteiger charge is 2.08. The van der Waals surface area contributed by atoms with Crippen molar-refractivity contribution in [2.45, 2.75) is 32.8 Å². The van der Waals surface area contributed by atoms with E-state index in [1.165, 1.54) is 0 Å². The van der Waals surface area contributed by atoms with Gasteiger partial charge < -0.3 is 20.1 Å². The number of nitrogens with one attached hydrogen (secondary N) is 2. The molecule has 0 heterocycles. The second kappa shape index (κ2) is 9.78. The average molecular weight is 308 g/mol. The van der Waals surface area contributed by atoms with Crippen LogP contribution in [0.4, 0.5) is 5.69 Å². The Bertz CT molecular complexity index is 487. The summed E-state index contributed by atoms with van der Waals surface area (Å²) in [5, 5.41) is 5.49. The minimum atomic E-state index is -0.210. The van der Waals surface area contributed by atoms with Crippen molar-refractivity contribution in [3.05, 3.63) is 24.3 Å². The van der Waals surface area contributed by atoms with E-state index in [9.17, 15) is 9.59 Å². The zero-order chi connectivity index (χ0) is 16.4. The van der Waals surface area contributed by atoms with Gasteiger partial charge in [0, 0.05) is 31.8 Å². The van der Waals surface area contributed by atoms with E-state index in [1.54, 1.807) is 38.3 Å². The molecule has 1 rings (SSSR count). The third kappa shape index (κ3) is 6.58. The van der Waals surface area contributed by atoms with Gasteiger partial charge in [-0.3, -0.25) is 9.59 Å². The molecular weight excluding hydrogens is 284 g/mol. The van der Waals surface area contributed by atoms with Gasteiger partial charge in [-0.05, 0) is 18.6 Å². The highest BCUT2D eigenvalue weighted by molar-refractivity contribution is 5.90. The van der Waals surface area contributed by atoms with Crippen LogP contribution in [0.3, 0.4) is 0 Å². The number of hydrogen-bond donors (Lipinski definition) is 2. The Kier molecular flexibility index (Phi) is 7.99. The fourth-order valence-electron chi connectivity index (χ4n) is 1.73. The molecule has 0 aliphatic rings. The molecule has 1 aromatic carbocycles. The van der Waals surface area contributed by atoms with Gasteiger partial charge >= 0.3 is 0 Å². The van der Waals surface area contributed by atoms with Crippen molar-refractivity contribution in [3.63, 3.8) is 0 Å². The molecule has 2 amide bonds. The van der Waals surface area contributed by atoms with Gasteiger partial charge in [-0.25, -0.2) is 0 Å². The molecule has 2 N–H and O–H groups in total. The summed E-state index contributed by atoms with van der Waals surface area (Å²) in [6.07, 6.45) is 1.25. The normalized spacial score (nSPS) is 11.6. The molecule has 1 aromatic rings. The second-order valence-corrected chi connectivity index (χ2v) is 4.79. The molecule has 0 spiro atoms. The number of benzene rings is 1. The van der Waals surface area contributed by atoms with E-state index < -0.39 is 0 Å². The molecule has 0 aliphatic heterocycles. The maximum atomic E-state index is 11.7. The summed E-state index contributed by atoms with van der Waals surface area (Å²) in [7, 11) is 1.62. The van der Waals surface area contributed by atoms with Gasteiger partial charge in [0.1, 0.15) is 5.75 Å². The van der Waals surface area contributed by atoms with E-state index in [0.717, 1.165) is 6.42 Å². The zero-order valence-corrected chi connectivity index (χ0v) is 13.3. The van der Waals surface area contributed by atoms with Crippen molar-refractivity contribution in [3.8, 4) is 5.75 Å². The summed E-state index contributed by atoms with van der Waals surface area (Å²) in [4.78, 5) is 23.0. The van der Waals surface area contributed by atoms with Crippen molar-refractivity contribution in [1.82, 2.24) is 5.32 Å². The quantitative estimate of drug-likeness (QED) is 0.731. The summed E-state index contributed by atoms with van der Waals surface area (Å²) in [6, 6.07) is 6.95. The first-order valence-corrected chi connectivity index (χ1v) is 7.41. The number of amides is 2. The largest absolute Gasteiger partial charge is 0.484 e. The van der Waals surface area contributed by atoms with Gasteiger partial charge in [0.25, 0.3) is 5.91 Å². The second-order valence-electron chi connectivity index (χ2n) is 4.79. The maximum absolute atomic E-state index is 11.7. The maximum Gasteiger partial charge on any atom is 0.258 e. The Labute approximate surface area is 131 Å². The Balaban J connectivity index is 2.42. The number of methoxy groups -OCH3 is 1. The summed E-state index contributed by atoms with van der Waals surface area (Å²) in [5.74, 6) is 0.251. The molecule has 0 aliphatic carbocycles. The van der Waals surface area contributed by atoms with Crippen LogP contribution < -0.4 is 15.4 Å². The molecule has 0 saturated carbocycles. The number of carbonyl (C=O) groups excluding carboxylic acids is 2. The fourth-order valence-corrected chi connectivity index (χ4v) is 1.73. The molecule has 0 unspecified atom stereocenters. The molecule has 122 valence electrons. The first kappa shape index (κ1) is 18.0. The van der Waals surface area contributed by atoms with Crippen LogP contribution in [0.2, 0.25) is 0 Å². The topological polar surface area (TPSA) is 76.7 Å². The summed E-state index contributed by atoms with van der Waals surface area (Å²) < 4.78 is 10.6. The number of anilines is 1. The van der Waals surface area contributed by atoms with E-state index in [1.807, 2.05) is 6.92 Å². The number of hydrogen-bond acceptors (Lipinski definition) is 4. The van der Waals surface area contributed by atoms with E-state index in [2.05, 4.69) is 10.6 Å². The molecule has 1 atom stereocenters. The van der Waals surface area contributed by atoms with Crippen LogP contribution in [0.5, 0.6) is 5.75 Å². The standard InChI is InChI=1S/C16H24N2O4/c1-4-13(21-3)10-17-16(20)11-22-14-8-6-7-12(9-14)18-15(19)5-2/h6-9,13H,4-5,10-11H2,1-3H3,(H,17,20)(H,18,19)/t13-/m0/s1. The van der Waals surface area contributed by atoms with Crippen molar-refractivity contribution < 1.29 is 19.1 Å². The van der Waals surface area contributed by atoms with Crippen molar-refractivity contribution in [2.75, 3.05) is 25.6 Å². The summed E-state index contributed by atoms with van der Waals surface area (Å²) in [6.45, 7) is 4.16. The molecule has 0 aromatic heterocycles. The molecule has 0 bridgehead atoms. The van der Waals surface area contributed by atoms with Crippen LogP contribution in [0.1, 0.15) is 26.7 Å². The molecule has 22 heavy (non-hydrogen) atoms. The average Bonchev–Trinajstić information content (AvgIpc) is 2.54. The SMILES string of the molecule is CCC(=O)Nc1cccc(OCC(=O)NC[C@H](CC)OC)c1. The van der Waals surface area contributed by atoms with Crippen molar-refractivity contribution in [1.29, 1.82) is 0 Å². The smallest absolute Gasteiger partial charge is 0.258 e. The predicted octanol–water partition coefficient (Wildman–Crippen LogP) is 1.96. The highest BCUT2D eigenvalue weighted by atomic mass is 16.5. The highest BCUT2D eigenvalue weighted by Crippen LogP contribution is 2.17. The van der Waals surface area contributed by atoms with Crippen LogP contribution in [0, 0.1) is 0 Å². The minimum absolute atomic E-state index is 0.0107. The van der Waals surface area contributed by atoms with E-state index in [0.29, 0.717) is 24.4 Å². The van der Waals surface area contributed by atoms with E-state index >= 15 is 0 Å². The lowest BCUT2D eigenvalue weighted by molar-refractivity contribution is -0.123. The lowest BCUT2D eigenvalue weighted by atomic mass is 10.3. The van der Waals surface area contributed by atoms with Gasteiger partial charge in [0.05, 0.1) is 6.10 Å². The van der Waals surface area contributed by atoms with Gasteiger partial charge in [0.15, 0.2) is 6.61 Å². The Hall–Kier alpha value is -2.08.